The van der Waals surface area contributed by atoms with Crippen LogP contribution in [-0.2, 0) is 9.53 Å². The summed E-state index contributed by atoms with van der Waals surface area (Å²) in [6, 6.07) is 7.88. The maximum absolute atomic E-state index is 11.2. The van der Waals surface area contributed by atoms with E-state index in [0.717, 1.165) is 18.5 Å². The summed E-state index contributed by atoms with van der Waals surface area (Å²) in [7, 11) is 1.44. The highest BCUT2D eigenvalue weighted by Crippen LogP contribution is 2.42. The van der Waals surface area contributed by atoms with Crippen LogP contribution >= 0.6 is 0 Å². The van der Waals surface area contributed by atoms with Gasteiger partial charge in [0.15, 0.2) is 0 Å². The van der Waals surface area contributed by atoms with Crippen molar-refractivity contribution in [1.82, 2.24) is 0 Å². The molecule has 3 heteroatoms. The third kappa shape index (κ3) is 1.96. The van der Waals surface area contributed by atoms with Crippen molar-refractivity contribution in [3.63, 3.8) is 0 Å². The van der Waals surface area contributed by atoms with Crippen LogP contribution in [0.5, 0.6) is 0 Å². The van der Waals surface area contributed by atoms with Gasteiger partial charge in [-0.2, -0.15) is 0 Å². The van der Waals surface area contributed by atoms with Crippen LogP contribution in [-0.4, -0.2) is 13.1 Å². The SMILES string of the molecule is COC(=O)C1CC(c2cccc(N)c2)C1. The van der Waals surface area contributed by atoms with E-state index in [-0.39, 0.29) is 11.9 Å². The molecule has 1 aromatic rings. The minimum Gasteiger partial charge on any atom is -0.469 e. The van der Waals surface area contributed by atoms with Gasteiger partial charge < -0.3 is 10.5 Å². The molecular formula is C12H15NO2. The molecule has 1 saturated carbocycles. The number of nitrogens with two attached hydrogens (primary N) is 1. The first kappa shape index (κ1) is 10.0. The number of esters is 1. The van der Waals surface area contributed by atoms with E-state index in [4.69, 9.17) is 10.5 Å². The quantitative estimate of drug-likeness (QED) is 0.593. The van der Waals surface area contributed by atoms with E-state index < -0.39 is 0 Å². The van der Waals surface area contributed by atoms with Crippen LogP contribution in [0.4, 0.5) is 5.69 Å². The molecule has 1 aliphatic carbocycles. The molecule has 1 aliphatic rings. The lowest BCUT2D eigenvalue weighted by Crippen LogP contribution is -2.29. The van der Waals surface area contributed by atoms with Gasteiger partial charge in [0.25, 0.3) is 0 Å². The van der Waals surface area contributed by atoms with Crippen LogP contribution in [0.25, 0.3) is 0 Å². The Bertz CT molecular complexity index is 370. The third-order valence-corrected chi connectivity index (χ3v) is 3.05. The molecule has 0 saturated heterocycles. The van der Waals surface area contributed by atoms with Crippen LogP contribution in [0.3, 0.4) is 0 Å². The Morgan fingerprint density at radius 1 is 1.47 bits per heavy atom. The number of methoxy groups -OCH3 is 1. The van der Waals surface area contributed by atoms with Crippen molar-refractivity contribution in [2.75, 3.05) is 12.8 Å². The van der Waals surface area contributed by atoms with Crippen molar-refractivity contribution in [3.8, 4) is 0 Å². The van der Waals surface area contributed by atoms with Crippen molar-refractivity contribution in [2.24, 2.45) is 5.92 Å². The molecule has 0 amide bonds. The lowest BCUT2D eigenvalue weighted by molar-refractivity contribution is -0.148. The van der Waals surface area contributed by atoms with Crippen molar-refractivity contribution in [1.29, 1.82) is 0 Å². The van der Waals surface area contributed by atoms with Gasteiger partial charge in [-0.05, 0) is 36.5 Å². The molecule has 80 valence electrons. The molecule has 1 fully saturated rings. The van der Waals surface area contributed by atoms with E-state index >= 15 is 0 Å². The highest BCUT2D eigenvalue weighted by molar-refractivity contribution is 5.73. The molecule has 0 aliphatic heterocycles. The second-order valence-electron chi connectivity index (χ2n) is 4.06. The molecule has 2 N–H and O–H groups in total. The van der Waals surface area contributed by atoms with Crippen molar-refractivity contribution in [3.05, 3.63) is 29.8 Å². The fourth-order valence-electron chi connectivity index (χ4n) is 2.06. The Kier molecular flexibility index (Phi) is 2.62. The number of rotatable bonds is 2. The zero-order valence-electron chi connectivity index (χ0n) is 8.77. The Labute approximate surface area is 89.2 Å². The standard InChI is InChI=1S/C12H15NO2/c1-15-12(14)10-5-9(6-10)8-3-2-4-11(13)7-8/h2-4,7,9-10H,5-6,13H2,1H3. The van der Waals surface area contributed by atoms with E-state index in [1.165, 1.54) is 12.7 Å². The summed E-state index contributed by atoms with van der Waals surface area (Å²) in [5.74, 6) is 0.467. The number of carbonyl (C=O) groups is 1. The summed E-state index contributed by atoms with van der Waals surface area (Å²) in [5.41, 5.74) is 7.72. The average molecular weight is 205 g/mol. The molecule has 0 spiro atoms. The smallest absolute Gasteiger partial charge is 0.308 e. The molecule has 2 rings (SSSR count). The number of anilines is 1. The van der Waals surface area contributed by atoms with E-state index in [1.54, 1.807) is 0 Å². The topological polar surface area (TPSA) is 52.3 Å². The molecular weight excluding hydrogens is 190 g/mol. The number of ether oxygens (including phenoxy) is 1. The normalized spacial score (nSPS) is 24.3. The van der Waals surface area contributed by atoms with Crippen molar-refractivity contribution < 1.29 is 9.53 Å². The van der Waals surface area contributed by atoms with Crippen molar-refractivity contribution >= 4 is 11.7 Å². The van der Waals surface area contributed by atoms with Gasteiger partial charge in [0.05, 0.1) is 13.0 Å². The van der Waals surface area contributed by atoms with Gasteiger partial charge in [-0.1, -0.05) is 12.1 Å². The number of hydrogen-bond donors (Lipinski definition) is 1. The van der Waals surface area contributed by atoms with Gasteiger partial charge in [-0.25, -0.2) is 0 Å². The maximum atomic E-state index is 11.2. The van der Waals surface area contributed by atoms with Gasteiger partial charge in [-0.15, -0.1) is 0 Å². The first-order valence-electron chi connectivity index (χ1n) is 5.14. The molecule has 3 nitrogen and oxygen atoms in total. The highest BCUT2D eigenvalue weighted by Gasteiger charge is 2.35. The molecule has 0 unspecified atom stereocenters. The summed E-state index contributed by atoms with van der Waals surface area (Å²) >= 11 is 0. The first-order valence-corrected chi connectivity index (χ1v) is 5.14. The molecule has 0 heterocycles. The first-order chi connectivity index (χ1) is 7.20. The lowest BCUT2D eigenvalue weighted by Gasteiger charge is -2.33. The van der Waals surface area contributed by atoms with Gasteiger partial charge in [0.2, 0.25) is 0 Å². The van der Waals surface area contributed by atoms with E-state index in [9.17, 15) is 4.79 Å². The predicted molar refractivity (Wildman–Crippen MR) is 58.3 cm³/mol. The molecule has 0 bridgehead atoms. The van der Waals surface area contributed by atoms with Gasteiger partial charge in [0.1, 0.15) is 0 Å². The van der Waals surface area contributed by atoms with E-state index in [1.807, 2.05) is 18.2 Å². The highest BCUT2D eigenvalue weighted by atomic mass is 16.5. The maximum Gasteiger partial charge on any atom is 0.308 e. The largest absolute Gasteiger partial charge is 0.469 e. The molecule has 1 aromatic carbocycles. The van der Waals surface area contributed by atoms with E-state index in [2.05, 4.69) is 6.07 Å². The Hall–Kier alpha value is -1.51. The average Bonchev–Trinajstić information content (AvgIpc) is 2.15. The minimum atomic E-state index is -0.0878. The van der Waals surface area contributed by atoms with Gasteiger partial charge in [0, 0.05) is 5.69 Å². The molecule has 0 aromatic heterocycles. The van der Waals surface area contributed by atoms with Crippen molar-refractivity contribution in [2.45, 2.75) is 18.8 Å². The predicted octanol–water partition coefficient (Wildman–Crippen LogP) is 1.94. The molecule has 15 heavy (non-hydrogen) atoms. The van der Waals surface area contributed by atoms with Crippen LogP contribution in [0.1, 0.15) is 24.3 Å². The number of nitrogen functional groups attached to an aromatic ring is 1. The molecule has 0 radical (unpaired) electrons. The molecule has 0 atom stereocenters. The lowest BCUT2D eigenvalue weighted by atomic mass is 9.71. The minimum absolute atomic E-state index is 0.0847. The zero-order valence-corrected chi connectivity index (χ0v) is 8.77. The summed E-state index contributed by atoms with van der Waals surface area (Å²) in [6.45, 7) is 0. The van der Waals surface area contributed by atoms with Gasteiger partial charge in [-0.3, -0.25) is 4.79 Å². The number of carbonyl (C=O) groups excluding carboxylic acids is 1. The van der Waals surface area contributed by atoms with Crippen LogP contribution in [0.2, 0.25) is 0 Å². The van der Waals surface area contributed by atoms with Gasteiger partial charge >= 0.3 is 5.97 Å². The Morgan fingerprint density at radius 3 is 2.80 bits per heavy atom. The van der Waals surface area contributed by atoms with Crippen LogP contribution in [0, 0.1) is 5.92 Å². The summed E-state index contributed by atoms with van der Waals surface area (Å²) in [5, 5.41) is 0. The summed E-state index contributed by atoms with van der Waals surface area (Å²) in [6.07, 6.45) is 1.77. The second-order valence-corrected chi connectivity index (χ2v) is 4.06. The summed E-state index contributed by atoms with van der Waals surface area (Å²) < 4.78 is 4.70. The third-order valence-electron chi connectivity index (χ3n) is 3.05. The second kappa shape index (κ2) is 3.93. The fourth-order valence-corrected chi connectivity index (χ4v) is 2.06. The van der Waals surface area contributed by atoms with Crippen LogP contribution in [0.15, 0.2) is 24.3 Å². The Balaban J connectivity index is 1.97. The van der Waals surface area contributed by atoms with Crippen LogP contribution < -0.4 is 5.73 Å². The van der Waals surface area contributed by atoms with E-state index in [0.29, 0.717) is 5.92 Å². The zero-order chi connectivity index (χ0) is 10.8. The Morgan fingerprint density at radius 2 is 2.20 bits per heavy atom. The monoisotopic (exact) mass is 205 g/mol. The number of benzene rings is 1. The summed E-state index contributed by atoms with van der Waals surface area (Å²) in [4.78, 5) is 11.2. The number of hydrogen-bond acceptors (Lipinski definition) is 3. The fraction of sp³-hybridized carbons (Fsp3) is 0.417.